The van der Waals surface area contributed by atoms with Crippen LogP contribution >= 0.6 is 23.4 Å². The number of hydrogen-bond acceptors (Lipinski definition) is 6. The molecule has 1 N–H and O–H groups in total. The third kappa shape index (κ3) is 2.94. The highest BCUT2D eigenvalue weighted by Gasteiger charge is 2.27. The highest BCUT2D eigenvalue weighted by molar-refractivity contribution is 7.98. The van der Waals surface area contributed by atoms with E-state index in [1.54, 1.807) is 18.0 Å². The summed E-state index contributed by atoms with van der Waals surface area (Å²) in [6.07, 6.45) is 4.29. The van der Waals surface area contributed by atoms with Crippen molar-refractivity contribution in [1.29, 1.82) is 0 Å². The Bertz CT molecular complexity index is 993. The van der Waals surface area contributed by atoms with Crippen LogP contribution in [0.2, 0.25) is 5.02 Å². The lowest BCUT2D eigenvalue weighted by molar-refractivity contribution is 0.278. The van der Waals surface area contributed by atoms with Crippen molar-refractivity contribution in [3.05, 3.63) is 57.9 Å². The van der Waals surface area contributed by atoms with Crippen molar-refractivity contribution in [3.63, 3.8) is 0 Å². The van der Waals surface area contributed by atoms with Crippen molar-refractivity contribution in [1.82, 2.24) is 15.0 Å². The number of hydrogen-bond donors (Lipinski definition) is 1. The number of pyridine rings is 1. The number of rotatable bonds is 3. The fourth-order valence-corrected chi connectivity index (χ4v) is 3.70. The molecule has 2 aromatic heterocycles. The molecule has 0 unspecified atom stereocenters. The summed E-state index contributed by atoms with van der Waals surface area (Å²) in [4.78, 5) is 13.7. The molecule has 0 atom stereocenters. The van der Waals surface area contributed by atoms with Crippen LogP contribution in [-0.2, 0) is 13.0 Å². The normalized spacial score (nSPS) is 12.3. The van der Waals surface area contributed by atoms with E-state index in [-0.39, 0.29) is 6.61 Å². The molecule has 0 saturated carbocycles. The number of fused-ring (bicyclic) bond motifs is 2. The van der Waals surface area contributed by atoms with Crippen LogP contribution in [0, 0.1) is 6.92 Å². The Kier molecular flexibility index (Phi) is 4.56. The van der Waals surface area contributed by atoms with Crippen LogP contribution in [0.5, 0.6) is 11.6 Å². The van der Waals surface area contributed by atoms with Gasteiger partial charge in [0.25, 0.3) is 0 Å². The maximum atomic E-state index is 9.63. The van der Waals surface area contributed by atoms with Gasteiger partial charge in [-0.05, 0) is 37.4 Å². The van der Waals surface area contributed by atoms with E-state index in [0.29, 0.717) is 28.9 Å². The molecule has 0 amide bonds. The van der Waals surface area contributed by atoms with Gasteiger partial charge in [0, 0.05) is 34.3 Å². The van der Waals surface area contributed by atoms with Crippen molar-refractivity contribution < 1.29 is 9.84 Å². The van der Waals surface area contributed by atoms with Crippen molar-refractivity contribution in [2.75, 3.05) is 6.26 Å². The molecule has 0 saturated heterocycles. The second-order valence-corrected chi connectivity index (χ2v) is 7.19. The van der Waals surface area contributed by atoms with Gasteiger partial charge in [-0.15, -0.1) is 11.8 Å². The number of aliphatic hydroxyl groups is 1. The van der Waals surface area contributed by atoms with E-state index in [2.05, 4.69) is 9.97 Å². The van der Waals surface area contributed by atoms with Crippen LogP contribution in [0.25, 0.3) is 11.4 Å². The van der Waals surface area contributed by atoms with E-state index in [1.807, 2.05) is 37.4 Å². The second kappa shape index (κ2) is 6.87. The topological polar surface area (TPSA) is 68.1 Å². The zero-order chi connectivity index (χ0) is 18.3. The number of benzene rings is 1. The third-order valence-corrected chi connectivity index (χ3v) is 5.33. The third-order valence-electron chi connectivity index (χ3n) is 4.35. The predicted octanol–water partition coefficient (Wildman–Crippen LogP) is 4.41. The molecule has 26 heavy (non-hydrogen) atoms. The van der Waals surface area contributed by atoms with Crippen molar-refractivity contribution in [2.45, 2.75) is 25.0 Å². The van der Waals surface area contributed by atoms with Crippen LogP contribution in [0.1, 0.15) is 22.4 Å². The van der Waals surface area contributed by atoms with Crippen molar-refractivity contribution >= 4 is 23.4 Å². The maximum Gasteiger partial charge on any atom is 0.227 e. The summed E-state index contributed by atoms with van der Waals surface area (Å²) in [7, 11) is 0. The van der Waals surface area contributed by atoms with Gasteiger partial charge in [-0.25, -0.2) is 4.98 Å². The van der Waals surface area contributed by atoms with E-state index in [9.17, 15) is 5.11 Å². The molecule has 1 aliphatic heterocycles. The summed E-state index contributed by atoms with van der Waals surface area (Å²) < 4.78 is 6.11. The van der Waals surface area contributed by atoms with Gasteiger partial charge in [-0.1, -0.05) is 11.6 Å². The van der Waals surface area contributed by atoms with Crippen LogP contribution in [0.3, 0.4) is 0 Å². The molecule has 0 radical (unpaired) electrons. The van der Waals surface area contributed by atoms with Gasteiger partial charge in [-0.2, -0.15) is 4.98 Å². The van der Waals surface area contributed by atoms with Gasteiger partial charge in [0.05, 0.1) is 17.9 Å². The first-order valence-electron chi connectivity index (χ1n) is 8.07. The average molecular weight is 386 g/mol. The zero-order valence-corrected chi connectivity index (χ0v) is 15.9. The standard InChI is InChI=1S/C19H16ClN3O2S/c1-10-16-14(12(9-24)8-21-10)7-15-18(25-16)22-17(23-19(15)26-2)11-3-5-13(20)6-4-11/h3-6,8,24H,7,9H2,1-2H3. The van der Waals surface area contributed by atoms with Crippen LogP contribution in [0.15, 0.2) is 35.5 Å². The molecule has 0 aliphatic carbocycles. The minimum atomic E-state index is -0.0768. The highest BCUT2D eigenvalue weighted by atomic mass is 35.5. The molecule has 132 valence electrons. The SMILES string of the molecule is CSc1nc(-c2ccc(Cl)cc2)nc2c1Cc1c(CO)cnc(C)c1O2. The molecular formula is C19H16ClN3O2S. The minimum Gasteiger partial charge on any atom is -0.436 e. The Morgan fingerprint density at radius 3 is 2.65 bits per heavy atom. The van der Waals surface area contributed by atoms with E-state index in [1.165, 1.54) is 0 Å². The maximum absolute atomic E-state index is 9.63. The van der Waals surface area contributed by atoms with Gasteiger partial charge in [-0.3, -0.25) is 4.98 Å². The van der Waals surface area contributed by atoms with E-state index in [0.717, 1.165) is 33.0 Å². The molecule has 3 heterocycles. The molecule has 5 nitrogen and oxygen atoms in total. The Balaban J connectivity index is 1.85. The lowest BCUT2D eigenvalue weighted by Crippen LogP contribution is -2.12. The Morgan fingerprint density at radius 2 is 1.96 bits per heavy atom. The number of ether oxygens (including phenoxy) is 1. The number of aromatic nitrogens is 3. The first-order valence-corrected chi connectivity index (χ1v) is 9.68. The molecule has 0 bridgehead atoms. The van der Waals surface area contributed by atoms with Gasteiger partial charge in [0.15, 0.2) is 11.6 Å². The van der Waals surface area contributed by atoms with Crippen LogP contribution < -0.4 is 4.74 Å². The summed E-state index contributed by atoms with van der Waals surface area (Å²) in [5.41, 5.74) is 4.31. The first-order chi connectivity index (χ1) is 12.6. The van der Waals surface area contributed by atoms with E-state index < -0.39 is 0 Å². The number of aliphatic hydroxyl groups excluding tert-OH is 1. The van der Waals surface area contributed by atoms with Gasteiger partial charge in [0.2, 0.25) is 5.88 Å². The molecule has 7 heteroatoms. The largest absolute Gasteiger partial charge is 0.436 e. The number of thioether (sulfide) groups is 1. The predicted molar refractivity (Wildman–Crippen MR) is 102 cm³/mol. The first kappa shape index (κ1) is 17.3. The summed E-state index contributed by atoms with van der Waals surface area (Å²) in [5, 5.41) is 11.2. The average Bonchev–Trinajstić information content (AvgIpc) is 2.67. The quantitative estimate of drug-likeness (QED) is 0.416. The number of halogens is 1. The fraction of sp³-hybridized carbons (Fsp3) is 0.211. The number of nitrogens with zero attached hydrogens (tertiary/aromatic N) is 3. The molecule has 3 aromatic rings. The van der Waals surface area contributed by atoms with Crippen molar-refractivity contribution in [2.24, 2.45) is 0 Å². The molecule has 0 fully saturated rings. The van der Waals surface area contributed by atoms with Crippen molar-refractivity contribution in [3.8, 4) is 23.0 Å². The number of aryl methyl sites for hydroxylation is 1. The lowest BCUT2D eigenvalue weighted by atomic mass is 9.99. The van der Waals surface area contributed by atoms with Crippen LogP contribution in [-0.4, -0.2) is 26.3 Å². The minimum absolute atomic E-state index is 0.0768. The van der Waals surface area contributed by atoms with Gasteiger partial charge >= 0.3 is 0 Å². The monoisotopic (exact) mass is 385 g/mol. The van der Waals surface area contributed by atoms with Crippen LogP contribution in [0.4, 0.5) is 0 Å². The summed E-state index contributed by atoms with van der Waals surface area (Å²) in [6, 6.07) is 7.41. The molecule has 1 aliphatic rings. The summed E-state index contributed by atoms with van der Waals surface area (Å²) in [6.45, 7) is 1.81. The molecule has 1 aromatic carbocycles. The lowest BCUT2D eigenvalue weighted by Gasteiger charge is -2.24. The fourth-order valence-electron chi connectivity index (χ4n) is 2.99. The second-order valence-electron chi connectivity index (χ2n) is 5.96. The van der Waals surface area contributed by atoms with Gasteiger partial charge < -0.3 is 9.84 Å². The Hall–Kier alpha value is -2.15. The highest BCUT2D eigenvalue weighted by Crippen LogP contribution is 2.42. The Morgan fingerprint density at radius 1 is 1.19 bits per heavy atom. The smallest absolute Gasteiger partial charge is 0.227 e. The zero-order valence-electron chi connectivity index (χ0n) is 14.3. The summed E-state index contributed by atoms with van der Waals surface area (Å²) in [5.74, 6) is 1.82. The molecule has 4 rings (SSSR count). The molecular weight excluding hydrogens is 370 g/mol. The molecule has 0 spiro atoms. The van der Waals surface area contributed by atoms with Gasteiger partial charge in [0.1, 0.15) is 5.03 Å². The summed E-state index contributed by atoms with van der Waals surface area (Å²) >= 11 is 7.53. The van der Waals surface area contributed by atoms with E-state index >= 15 is 0 Å². The van der Waals surface area contributed by atoms with E-state index in [4.69, 9.17) is 21.3 Å². The Labute approximate surface area is 160 Å².